The van der Waals surface area contributed by atoms with Crippen molar-refractivity contribution in [1.29, 1.82) is 0 Å². The van der Waals surface area contributed by atoms with Crippen LogP contribution in [0.25, 0.3) is 0 Å². The Kier molecular flexibility index (Phi) is 1.75. The lowest BCUT2D eigenvalue weighted by Crippen LogP contribution is -2.18. The number of halogens is 2. The van der Waals surface area contributed by atoms with Crippen molar-refractivity contribution in [3.05, 3.63) is 29.8 Å². The molecule has 0 bridgehead atoms. The molecule has 1 fully saturated rings. The van der Waals surface area contributed by atoms with Gasteiger partial charge in [-0.2, -0.15) is 0 Å². The van der Waals surface area contributed by atoms with Gasteiger partial charge in [-0.05, 0) is 24.5 Å². The van der Waals surface area contributed by atoms with Crippen LogP contribution in [0.2, 0.25) is 0 Å². The third-order valence-electron chi connectivity index (χ3n) is 2.70. The molecule has 0 atom stereocenters. The fraction of sp³-hybridized carbons (Fsp3) is 0.400. The minimum Gasteiger partial charge on any atom is -0.398 e. The lowest BCUT2D eigenvalue weighted by molar-refractivity contribution is 0.102. The first-order chi connectivity index (χ1) is 6.17. The van der Waals surface area contributed by atoms with Gasteiger partial charge in [0.05, 0.1) is 5.41 Å². The van der Waals surface area contributed by atoms with E-state index in [4.69, 9.17) is 5.73 Å². The number of anilines is 1. The summed E-state index contributed by atoms with van der Waals surface area (Å²) in [5.41, 5.74) is 5.83. The summed E-state index contributed by atoms with van der Waals surface area (Å²) in [6, 6.07) is 6.90. The number of alkyl halides is 2. The molecule has 1 nitrogen and oxygen atoms in total. The summed E-state index contributed by atoms with van der Waals surface area (Å²) in [7, 11) is 0. The molecule has 0 spiro atoms. The lowest BCUT2D eigenvalue weighted by Gasteiger charge is -2.16. The van der Waals surface area contributed by atoms with Crippen molar-refractivity contribution in [1.82, 2.24) is 0 Å². The first-order valence-electron chi connectivity index (χ1n) is 4.30. The summed E-state index contributed by atoms with van der Waals surface area (Å²) in [6.45, 7) is 0. The van der Waals surface area contributed by atoms with E-state index in [0.29, 0.717) is 24.1 Å². The van der Waals surface area contributed by atoms with Gasteiger partial charge in [0.1, 0.15) is 0 Å². The highest BCUT2D eigenvalue weighted by atomic mass is 19.3. The van der Waals surface area contributed by atoms with Crippen LogP contribution in [0.1, 0.15) is 18.4 Å². The van der Waals surface area contributed by atoms with E-state index < -0.39 is 11.8 Å². The topological polar surface area (TPSA) is 26.0 Å². The highest BCUT2D eigenvalue weighted by Gasteiger charge is 2.53. The molecule has 1 aromatic rings. The van der Waals surface area contributed by atoms with Gasteiger partial charge >= 0.3 is 0 Å². The van der Waals surface area contributed by atoms with E-state index in [2.05, 4.69) is 0 Å². The summed E-state index contributed by atoms with van der Waals surface area (Å²) in [5.74, 6) is 0. The van der Waals surface area contributed by atoms with Gasteiger partial charge in [0.2, 0.25) is 6.43 Å². The van der Waals surface area contributed by atoms with Gasteiger partial charge in [-0.1, -0.05) is 18.2 Å². The van der Waals surface area contributed by atoms with Crippen LogP contribution in [-0.2, 0) is 5.41 Å². The number of nitrogen functional groups attached to an aromatic ring is 1. The van der Waals surface area contributed by atoms with Crippen LogP contribution in [0, 0.1) is 0 Å². The fourth-order valence-electron chi connectivity index (χ4n) is 1.69. The molecule has 1 aromatic carbocycles. The molecule has 0 unspecified atom stereocenters. The largest absolute Gasteiger partial charge is 0.398 e. The second-order valence-corrected chi connectivity index (χ2v) is 3.54. The first-order valence-corrected chi connectivity index (χ1v) is 4.30. The van der Waals surface area contributed by atoms with Crippen LogP contribution in [0.5, 0.6) is 0 Å². The Bertz CT molecular complexity index is 318. The van der Waals surface area contributed by atoms with E-state index in [1.165, 1.54) is 0 Å². The Balaban J connectivity index is 2.41. The number of hydrogen-bond acceptors (Lipinski definition) is 1. The van der Waals surface area contributed by atoms with Crippen LogP contribution in [0.3, 0.4) is 0 Å². The molecule has 1 aliphatic rings. The molecular weight excluding hydrogens is 172 g/mol. The first kappa shape index (κ1) is 8.48. The molecule has 2 rings (SSSR count). The highest BCUT2D eigenvalue weighted by Crippen LogP contribution is 2.54. The molecule has 13 heavy (non-hydrogen) atoms. The van der Waals surface area contributed by atoms with Gasteiger partial charge in [0.15, 0.2) is 0 Å². The summed E-state index contributed by atoms with van der Waals surface area (Å²) in [4.78, 5) is 0. The molecule has 3 heteroatoms. The fourth-order valence-corrected chi connectivity index (χ4v) is 1.69. The van der Waals surface area contributed by atoms with Crippen molar-refractivity contribution in [2.24, 2.45) is 0 Å². The second kappa shape index (κ2) is 2.69. The molecule has 1 saturated carbocycles. The molecule has 0 saturated heterocycles. The monoisotopic (exact) mass is 183 g/mol. The van der Waals surface area contributed by atoms with Gasteiger partial charge < -0.3 is 5.73 Å². The average Bonchev–Trinajstić information content (AvgIpc) is 2.85. The predicted molar refractivity (Wildman–Crippen MR) is 47.8 cm³/mol. The Morgan fingerprint density at radius 1 is 1.23 bits per heavy atom. The van der Waals surface area contributed by atoms with Crippen molar-refractivity contribution in [2.75, 3.05) is 5.73 Å². The maximum Gasteiger partial charge on any atom is 0.248 e. The zero-order valence-corrected chi connectivity index (χ0v) is 7.13. The Morgan fingerprint density at radius 3 is 2.31 bits per heavy atom. The van der Waals surface area contributed by atoms with Crippen LogP contribution in [0.15, 0.2) is 24.3 Å². The summed E-state index contributed by atoms with van der Waals surface area (Å²) >= 11 is 0. The summed E-state index contributed by atoms with van der Waals surface area (Å²) in [5, 5.41) is 0. The zero-order valence-electron chi connectivity index (χ0n) is 7.13. The van der Waals surface area contributed by atoms with Crippen molar-refractivity contribution in [3.63, 3.8) is 0 Å². The van der Waals surface area contributed by atoms with Crippen LogP contribution < -0.4 is 5.73 Å². The molecule has 0 amide bonds. The minimum absolute atomic E-state index is 0.486. The van der Waals surface area contributed by atoms with E-state index in [1.807, 2.05) is 0 Å². The number of rotatable bonds is 2. The van der Waals surface area contributed by atoms with Gasteiger partial charge in [0.25, 0.3) is 0 Å². The normalized spacial score (nSPS) is 19.0. The standard InChI is InChI=1S/C10H11F2N/c11-9(12)10(5-6-10)7-3-1-2-4-8(7)13/h1-4,9H,5-6,13H2. The van der Waals surface area contributed by atoms with Crippen molar-refractivity contribution in [3.8, 4) is 0 Å². The molecule has 0 aliphatic heterocycles. The average molecular weight is 183 g/mol. The minimum atomic E-state index is -2.29. The molecule has 2 N–H and O–H groups in total. The number of para-hydroxylation sites is 1. The Labute approximate surface area is 75.6 Å². The molecule has 0 aromatic heterocycles. The molecule has 0 heterocycles. The van der Waals surface area contributed by atoms with Gasteiger partial charge in [-0.25, -0.2) is 8.78 Å². The lowest BCUT2D eigenvalue weighted by atomic mass is 9.95. The summed E-state index contributed by atoms with van der Waals surface area (Å²) in [6.07, 6.45) is -1.19. The molecule has 0 radical (unpaired) electrons. The summed E-state index contributed by atoms with van der Waals surface area (Å²) < 4.78 is 25.4. The van der Waals surface area contributed by atoms with Gasteiger partial charge in [0, 0.05) is 5.69 Å². The van der Waals surface area contributed by atoms with Crippen molar-refractivity contribution in [2.45, 2.75) is 24.7 Å². The quantitative estimate of drug-likeness (QED) is 0.700. The van der Waals surface area contributed by atoms with E-state index in [0.717, 1.165) is 0 Å². The third kappa shape index (κ3) is 1.19. The van der Waals surface area contributed by atoms with E-state index in [9.17, 15) is 8.78 Å². The number of hydrogen-bond donors (Lipinski definition) is 1. The van der Waals surface area contributed by atoms with Crippen LogP contribution in [-0.4, -0.2) is 6.43 Å². The third-order valence-corrected chi connectivity index (χ3v) is 2.70. The number of benzene rings is 1. The van der Waals surface area contributed by atoms with E-state index >= 15 is 0 Å². The van der Waals surface area contributed by atoms with Crippen molar-refractivity contribution >= 4 is 5.69 Å². The maximum absolute atomic E-state index is 12.7. The zero-order chi connectivity index (χ0) is 9.47. The Hall–Kier alpha value is -1.12. The van der Waals surface area contributed by atoms with Crippen LogP contribution >= 0.6 is 0 Å². The molecule has 1 aliphatic carbocycles. The molecule has 70 valence electrons. The van der Waals surface area contributed by atoms with E-state index in [-0.39, 0.29) is 0 Å². The number of nitrogens with two attached hydrogens (primary N) is 1. The van der Waals surface area contributed by atoms with Crippen molar-refractivity contribution < 1.29 is 8.78 Å². The second-order valence-electron chi connectivity index (χ2n) is 3.54. The highest BCUT2D eigenvalue weighted by molar-refractivity contribution is 5.53. The predicted octanol–water partition coefficient (Wildman–Crippen LogP) is 2.57. The smallest absolute Gasteiger partial charge is 0.248 e. The maximum atomic E-state index is 12.7. The Morgan fingerprint density at radius 2 is 1.85 bits per heavy atom. The van der Waals surface area contributed by atoms with Gasteiger partial charge in [-0.3, -0.25) is 0 Å². The molecular formula is C10H11F2N. The van der Waals surface area contributed by atoms with Crippen LogP contribution in [0.4, 0.5) is 14.5 Å². The SMILES string of the molecule is Nc1ccccc1C1(C(F)F)CC1. The van der Waals surface area contributed by atoms with E-state index in [1.54, 1.807) is 24.3 Å². The van der Waals surface area contributed by atoms with Gasteiger partial charge in [-0.15, -0.1) is 0 Å².